The van der Waals surface area contributed by atoms with E-state index in [1.54, 1.807) is 30.3 Å². The second kappa shape index (κ2) is 14.4. The summed E-state index contributed by atoms with van der Waals surface area (Å²) in [5, 5.41) is 26.5. The highest BCUT2D eigenvalue weighted by Gasteiger charge is 2.31. The van der Waals surface area contributed by atoms with Crippen LogP contribution in [-0.2, 0) is 36.8 Å². The van der Waals surface area contributed by atoms with E-state index in [2.05, 4.69) is 25.9 Å². The van der Waals surface area contributed by atoms with Crippen LogP contribution in [0.25, 0.3) is 0 Å². The highest BCUT2D eigenvalue weighted by molar-refractivity contribution is 5.94. The zero-order valence-electron chi connectivity index (χ0n) is 20.8. The van der Waals surface area contributed by atoms with Crippen molar-refractivity contribution < 1.29 is 34.2 Å². The Balaban J connectivity index is 2.27. The number of rotatable bonds is 15. The molecule has 5 atom stereocenters. The Morgan fingerprint density at radius 2 is 1.53 bits per heavy atom. The number of amides is 4. The summed E-state index contributed by atoms with van der Waals surface area (Å²) < 4.78 is 0. The van der Waals surface area contributed by atoms with Crippen molar-refractivity contribution in [1.82, 2.24) is 25.9 Å². The van der Waals surface area contributed by atoms with Gasteiger partial charge in [0, 0.05) is 31.2 Å². The van der Waals surface area contributed by atoms with Gasteiger partial charge in [0.05, 0.1) is 12.4 Å². The van der Waals surface area contributed by atoms with E-state index in [0.29, 0.717) is 11.3 Å². The molecule has 0 aliphatic heterocycles. The third-order valence-electron chi connectivity index (χ3n) is 5.64. The fraction of sp³-hybridized carbons (Fsp3) is 0.417. The first-order valence-corrected chi connectivity index (χ1v) is 11.8. The summed E-state index contributed by atoms with van der Waals surface area (Å²) in [6.07, 6.45) is 1.10. The van der Waals surface area contributed by atoms with Crippen LogP contribution in [0.1, 0.15) is 31.0 Å². The molecule has 38 heavy (non-hydrogen) atoms. The Labute approximate surface area is 218 Å². The minimum Gasteiger partial charge on any atom is -0.480 e. The van der Waals surface area contributed by atoms with Gasteiger partial charge in [-0.25, -0.2) is 9.78 Å². The van der Waals surface area contributed by atoms with Gasteiger partial charge in [-0.1, -0.05) is 30.3 Å². The SMILES string of the molecule is CC(O)C(N)C(=O)NC(Cc1cnc[nH]1)C(=O)NC(Cc1ccccc1)C(=O)NC(CCC(N)=O)C(=O)O. The Bertz CT molecular complexity index is 1090. The molecule has 2 rings (SSSR count). The average Bonchev–Trinajstić information content (AvgIpc) is 3.38. The molecule has 206 valence electrons. The van der Waals surface area contributed by atoms with Crippen molar-refractivity contribution in [2.24, 2.45) is 11.5 Å². The van der Waals surface area contributed by atoms with E-state index < -0.39 is 59.9 Å². The normalized spacial score (nSPS) is 14.8. The maximum atomic E-state index is 13.3. The average molecular weight is 532 g/mol. The van der Waals surface area contributed by atoms with Crippen LogP contribution in [0, 0.1) is 0 Å². The fourth-order valence-electron chi connectivity index (χ4n) is 3.46. The molecule has 14 nitrogen and oxygen atoms in total. The van der Waals surface area contributed by atoms with Crippen LogP contribution in [0.5, 0.6) is 0 Å². The second-order valence-corrected chi connectivity index (χ2v) is 8.76. The first kappa shape index (κ1) is 29.9. The van der Waals surface area contributed by atoms with Gasteiger partial charge >= 0.3 is 5.97 Å². The number of carbonyl (C=O) groups is 5. The van der Waals surface area contributed by atoms with Crippen molar-refractivity contribution in [3.8, 4) is 0 Å². The number of aliphatic carboxylic acids is 1. The Morgan fingerprint density at radius 3 is 2.05 bits per heavy atom. The van der Waals surface area contributed by atoms with Gasteiger partial charge in [0.1, 0.15) is 24.2 Å². The Hall–Kier alpha value is -4.30. The molecule has 1 heterocycles. The number of carbonyl (C=O) groups excluding carboxylic acids is 4. The van der Waals surface area contributed by atoms with Gasteiger partial charge < -0.3 is 42.6 Å². The molecule has 5 unspecified atom stereocenters. The van der Waals surface area contributed by atoms with E-state index in [0.717, 1.165) is 0 Å². The number of aromatic nitrogens is 2. The predicted octanol–water partition coefficient (Wildman–Crippen LogP) is -2.29. The zero-order valence-corrected chi connectivity index (χ0v) is 20.8. The summed E-state index contributed by atoms with van der Waals surface area (Å²) in [5.41, 5.74) is 12.0. The first-order chi connectivity index (χ1) is 18.0. The monoisotopic (exact) mass is 531 g/mol. The lowest BCUT2D eigenvalue weighted by Gasteiger charge is -2.25. The van der Waals surface area contributed by atoms with Crippen LogP contribution in [0.15, 0.2) is 42.9 Å². The number of hydrogen-bond donors (Lipinski definition) is 8. The van der Waals surface area contributed by atoms with Gasteiger partial charge in [-0.15, -0.1) is 0 Å². The summed E-state index contributed by atoms with van der Waals surface area (Å²) in [6.45, 7) is 1.32. The molecular weight excluding hydrogens is 498 g/mol. The maximum absolute atomic E-state index is 13.3. The molecule has 0 aliphatic rings. The fourth-order valence-corrected chi connectivity index (χ4v) is 3.46. The molecule has 0 spiro atoms. The topological polar surface area (TPSA) is 243 Å². The summed E-state index contributed by atoms with van der Waals surface area (Å²) in [5.74, 6) is -4.47. The highest BCUT2D eigenvalue weighted by atomic mass is 16.4. The summed E-state index contributed by atoms with van der Waals surface area (Å²) in [7, 11) is 0. The molecular formula is C24H33N7O7. The van der Waals surface area contributed by atoms with E-state index in [4.69, 9.17) is 11.5 Å². The largest absolute Gasteiger partial charge is 0.480 e. The minimum atomic E-state index is -1.42. The lowest BCUT2D eigenvalue weighted by molar-refractivity contribution is -0.142. The minimum absolute atomic E-state index is 0.00150. The van der Waals surface area contributed by atoms with Gasteiger partial charge in [-0.3, -0.25) is 19.2 Å². The third-order valence-corrected chi connectivity index (χ3v) is 5.64. The number of aliphatic hydroxyl groups excluding tert-OH is 1. The van der Waals surface area contributed by atoms with Gasteiger partial charge in [-0.05, 0) is 18.9 Å². The van der Waals surface area contributed by atoms with Gasteiger partial charge in [0.15, 0.2) is 0 Å². The summed E-state index contributed by atoms with van der Waals surface area (Å²) >= 11 is 0. The smallest absolute Gasteiger partial charge is 0.326 e. The molecule has 14 heteroatoms. The number of H-pyrrole nitrogens is 1. The summed E-state index contributed by atoms with van der Waals surface area (Å²) in [6, 6.07) is 3.49. The molecule has 2 aromatic rings. The number of nitrogens with two attached hydrogens (primary N) is 2. The zero-order chi connectivity index (χ0) is 28.2. The number of carboxylic acids is 1. The molecule has 1 aromatic heterocycles. The van der Waals surface area contributed by atoms with Crippen LogP contribution >= 0.6 is 0 Å². The number of hydrogen-bond acceptors (Lipinski definition) is 8. The molecule has 10 N–H and O–H groups in total. The third kappa shape index (κ3) is 9.63. The number of imidazole rings is 1. The molecule has 0 aliphatic carbocycles. The van der Waals surface area contributed by atoms with Gasteiger partial charge in [-0.2, -0.15) is 0 Å². The standard InChI is InChI=1S/C24H33N7O7/c1-13(32)20(26)23(36)31-18(10-15-11-27-12-28-15)22(35)30-17(9-14-5-3-2-4-6-14)21(34)29-16(24(37)38)7-8-19(25)33/h2-6,11-13,16-18,20,32H,7-10,26H2,1H3,(H2,25,33)(H,27,28)(H,29,34)(H,30,35)(H,31,36)(H,37,38). The van der Waals surface area contributed by atoms with E-state index >= 15 is 0 Å². The predicted molar refractivity (Wildman–Crippen MR) is 134 cm³/mol. The first-order valence-electron chi connectivity index (χ1n) is 11.8. The maximum Gasteiger partial charge on any atom is 0.326 e. The van der Waals surface area contributed by atoms with Crippen molar-refractivity contribution in [2.75, 3.05) is 0 Å². The summed E-state index contributed by atoms with van der Waals surface area (Å²) in [4.78, 5) is 68.4. The van der Waals surface area contributed by atoms with Crippen molar-refractivity contribution >= 4 is 29.6 Å². The van der Waals surface area contributed by atoms with Crippen molar-refractivity contribution in [2.45, 2.75) is 62.9 Å². The Kier molecular flexibility index (Phi) is 11.4. The lowest BCUT2D eigenvalue weighted by Crippen LogP contribution is -2.59. The van der Waals surface area contributed by atoms with E-state index in [9.17, 15) is 34.2 Å². The van der Waals surface area contributed by atoms with Crippen LogP contribution in [0.3, 0.4) is 0 Å². The van der Waals surface area contributed by atoms with E-state index in [1.807, 2.05) is 0 Å². The number of aliphatic hydroxyl groups is 1. The number of carboxylic acid groups (broad SMARTS) is 1. The van der Waals surface area contributed by atoms with Crippen LogP contribution < -0.4 is 27.4 Å². The number of nitrogens with zero attached hydrogens (tertiary/aromatic N) is 1. The molecule has 1 aromatic carbocycles. The molecule has 0 saturated carbocycles. The number of aromatic amines is 1. The van der Waals surface area contributed by atoms with Crippen molar-refractivity contribution in [3.63, 3.8) is 0 Å². The molecule has 0 radical (unpaired) electrons. The Morgan fingerprint density at radius 1 is 0.947 bits per heavy atom. The van der Waals surface area contributed by atoms with Crippen LogP contribution in [-0.4, -0.2) is 80.1 Å². The molecule has 0 bridgehead atoms. The molecule has 4 amide bonds. The van der Waals surface area contributed by atoms with Gasteiger partial charge in [0.2, 0.25) is 23.6 Å². The van der Waals surface area contributed by atoms with Crippen LogP contribution in [0.4, 0.5) is 0 Å². The van der Waals surface area contributed by atoms with Crippen molar-refractivity contribution in [1.29, 1.82) is 0 Å². The number of benzene rings is 1. The lowest BCUT2D eigenvalue weighted by atomic mass is 10.0. The molecule has 0 fully saturated rings. The quantitative estimate of drug-likeness (QED) is 0.123. The second-order valence-electron chi connectivity index (χ2n) is 8.76. The van der Waals surface area contributed by atoms with E-state index in [-0.39, 0.29) is 25.7 Å². The number of primary amides is 1. The van der Waals surface area contributed by atoms with Gasteiger partial charge in [0.25, 0.3) is 0 Å². The van der Waals surface area contributed by atoms with Crippen molar-refractivity contribution in [3.05, 3.63) is 54.1 Å². The number of nitrogens with one attached hydrogen (secondary N) is 4. The molecule has 0 saturated heterocycles. The van der Waals surface area contributed by atoms with E-state index in [1.165, 1.54) is 19.4 Å². The highest BCUT2D eigenvalue weighted by Crippen LogP contribution is 2.07. The van der Waals surface area contributed by atoms with Crippen LogP contribution in [0.2, 0.25) is 0 Å².